The van der Waals surface area contributed by atoms with Gasteiger partial charge in [0.1, 0.15) is 0 Å². The quantitative estimate of drug-likeness (QED) is 0.685. The smallest absolute Gasteiger partial charge is 0.373 e. The Labute approximate surface area is 190 Å². The van der Waals surface area contributed by atoms with Crippen LogP contribution in [0.25, 0.3) is 0 Å². The van der Waals surface area contributed by atoms with Crippen LogP contribution in [0, 0.1) is 6.92 Å². The molecule has 3 heterocycles. The van der Waals surface area contributed by atoms with Gasteiger partial charge in [0.05, 0.1) is 11.3 Å². The number of hydrogen-bond acceptors (Lipinski definition) is 5. The molecule has 10 heteroatoms. The molecule has 178 valence electrons. The van der Waals surface area contributed by atoms with E-state index in [1.807, 2.05) is 6.07 Å². The van der Waals surface area contributed by atoms with Gasteiger partial charge in [-0.3, -0.25) is 19.6 Å². The van der Waals surface area contributed by atoms with E-state index in [1.54, 1.807) is 37.5 Å². The highest BCUT2D eigenvalue weighted by Crippen LogP contribution is 2.37. The number of carbonyl (C=O) groups excluding carboxylic acids is 2. The average Bonchev–Trinajstić information content (AvgIpc) is 2.81. The molecule has 2 amide bonds. The number of nitrogens with one attached hydrogen (secondary N) is 1. The number of alkyl halides is 3. The normalized spacial score (nSPS) is 16.8. The van der Waals surface area contributed by atoms with Gasteiger partial charge < -0.3 is 15.3 Å². The number of aryl methyl sites for hydroxylation is 1. The third-order valence-corrected chi connectivity index (χ3v) is 5.99. The van der Waals surface area contributed by atoms with Gasteiger partial charge in [-0.1, -0.05) is 13.0 Å². The lowest BCUT2D eigenvalue weighted by Crippen LogP contribution is -2.58. The Kier molecular flexibility index (Phi) is 7.36. The summed E-state index contributed by atoms with van der Waals surface area (Å²) in [6.45, 7) is 3.29. The van der Waals surface area contributed by atoms with Crippen LogP contribution in [0.2, 0.25) is 0 Å². The molecular weight excluding hydrogens is 437 g/mol. The number of hydrogen-bond donors (Lipinski definition) is 2. The molecule has 0 aromatic carbocycles. The second kappa shape index (κ2) is 9.86. The van der Waals surface area contributed by atoms with Gasteiger partial charge in [-0.15, -0.1) is 0 Å². The highest BCUT2D eigenvalue weighted by atomic mass is 19.4. The minimum atomic E-state index is -5.05. The summed E-state index contributed by atoms with van der Waals surface area (Å²) in [6, 6.07) is 7.03. The van der Waals surface area contributed by atoms with Gasteiger partial charge in [-0.05, 0) is 49.9 Å². The number of likely N-dealkylation sites (tertiary alicyclic amines) is 1. The molecule has 1 saturated heterocycles. The van der Waals surface area contributed by atoms with Crippen LogP contribution in [0.5, 0.6) is 0 Å². The van der Waals surface area contributed by atoms with Crippen molar-refractivity contribution in [2.75, 3.05) is 13.1 Å². The van der Waals surface area contributed by atoms with Crippen LogP contribution in [0.1, 0.15) is 59.4 Å². The summed E-state index contributed by atoms with van der Waals surface area (Å²) >= 11 is 0. The zero-order chi connectivity index (χ0) is 24.2. The van der Waals surface area contributed by atoms with E-state index in [0.29, 0.717) is 36.3 Å². The maximum atomic E-state index is 13.3. The molecule has 1 aliphatic heterocycles. The van der Waals surface area contributed by atoms with Crippen LogP contribution in [0.15, 0.2) is 36.7 Å². The van der Waals surface area contributed by atoms with Crippen molar-refractivity contribution >= 4 is 11.8 Å². The maximum Gasteiger partial charge on any atom is 0.426 e. The Bertz CT molecular complexity index is 992. The van der Waals surface area contributed by atoms with Crippen LogP contribution < -0.4 is 5.32 Å². The highest BCUT2D eigenvalue weighted by Gasteiger charge is 2.59. The molecule has 7 nitrogen and oxygen atoms in total. The number of rotatable bonds is 6. The van der Waals surface area contributed by atoms with Crippen molar-refractivity contribution in [3.63, 3.8) is 0 Å². The lowest BCUT2D eigenvalue weighted by Gasteiger charge is -2.38. The number of halogens is 3. The highest BCUT2D eigenvalue weighted by molar-refractivity contribution is 5.95. The largest absolute Gasteiger partial charge is 0.426 e. The van der Waals surface area contributed by atoms with Gasteiger partial charge in [-0.2, -0.15) is 13.2 Å². The SMILES string of the molecule is CCC(O)(C(=O)N1CCC(c2nc(C)ccc2C(=O)NCc2cccnc2)CC1)C(F)(F)F. The third kappa shape index (κ3) is 5.32. The first-order valence-electron chi connectivity index (χ1n) is 10.8. The van der Waals surface area contributed by atoms with E-state index in [1.165, 1.54) is 0 Å². The number of aromatic nitrogens is 2. The van der Waals surface area contributed by atoms with Gasteiger partial charge in [0, 0.05) is 43.6 Å². The van der Waals surface area contributed by atoms with Gasteiger partial charge in [0.15, 0.2) is 0 Å². The van der Waals surface area contributed by atoms with Crippen LogP contribution in [-0.4, -0.2) is 56.7 Å². The third-order valence-electron chi connectivity index (χ3n) is 5.99. The molecular formula is C23H27F3N4O3. The Morgan fingerprint density at radius 3 is 2.48 bits per heavy atom. The molecule has 1 unspecified atom stereocenters. The second-order valence-corrected chi connectivity index (χ2v) is 8.21. The Morgan fingerprint density at radius 2 is 1.91 bits per heavy atom. The molecule has 0 saturated carbocycles. The Hall–Kier alpha value is -3.01. The van der Waals surface area contributed by atoms with Gasteiger partial charge in [0.25, 0.3) is 11.8 Å². The molecule has 1 aliphatic rings. The summed E-state index contributed by atoms with van der Waals surface area (Å²) in [5, 5.41) is 12.8. The van der Waals surface area contributed by atoms with Crippen molar-refractivity contribution in [3.8, 4) is 0 Å². The lowest BCUT2D eigenvalue weighted by molar-refractivity contribution is -0.257. The molecule has 0 bridgehead atoms. The fraction of sp³-hybridized carbons (Fsp3) is 0.478. The first kappa shape index (κ1) is 24.6. The van der Waals surface area contributed by atoms with Crippen molar-refractivity contribution in [1.29, 1.82) is 0 Å². The van der Waals surface area contributed by atoms with Crippen molar-refractivity contribution in [2.45, 2.75) is 57.3 Å². The van der Waals surface area contributed by atoms with E-state index < -0.39 is 24.1 Å². The molecule has 33 heavy (non-hydrogen) atoms. The second-order valence-electron chi connectivity index (χ2n) is 8.21. The molecule has 0 aliphatic carbocycles. The van der Waals surface area contributed by atoms with Gasteiger partial charge in [-0.25, -0.2) is 0 Å². The fourth-order valence-electron chi connectivity index (χ4n) is 3.95. The molecule has 2 N–H and O–H groups in total. The monoisotopic (exact) mass is 464 g/mol. The van der Waals surface area contributed by atoms with Crippen molar-refractivity contribution in [1.82, 2.24) is 20.2 Å². The van der Waals surface area contributed by atoms with E-state index in [4.69, 9.17) is 0 Å². The van der Waals surface area contributed by atoms with Crippen LogP contribution in [0.3, 0.4) is 0 Å². The standard InChI is InChI=1S/C23H27F3N4O3/c1-3-22(33,23(24,25)26)21(32)30-11-8-17(9-12-30)19-18(7-6-15(2)29-19)20(31)28-14-16-5-4-10-27-13-16/h4-7,10,13,17,33H,3,8-9,11-12,14H2,1-2H3,(H,28,31). The lowest BCUT2D eigenvalue weighted by atomic mass is 9.88. The summed E-state index contributed by atoms with van der Waals surface area (Å²) in [5.41, 5.74) is -0.877. The Balaban J connectivity index is 1.72. The van der Waals surface area contributed by atoms with Crippen LogP contribution in [-0.2, 0) is 11.3 Å². The first-order valence-corrected chi connectivity index (χ1v) is 10.8. The Morgan fingerprint density at radius 1 is 1.21 bits per heavy atom. The minimum absolute atomic E-state index is 0.0360. The molecule has 1 atom stereocenters. The summed E-state index contributed by atoms with van der Waals surface area (Å²) in [7, 11) is 0. The topological polar surface area (TPSA) is 95.4 Å². The minimum Gasteiger partial charge on any atom is -0.373 e. The summed E-state index contributed by atoms with van der Waals surface area (Å²) in [5.74, 6) is -1.84. The van der Waals surface area contributed by atoms with E-state index in [9.17, 15) is 27.9 Å². The summed E-state index contributed by atoms with van der Waals surface area (Å²) < 4.78 is 39.8. The number of carbonyl (C=O) groups is 2. The van der Waals surface area contributed by atoms with Crippen molar-refractivity contribution in [2.24, 2.45) is 0 Å². The molecule has 2 aromatic rings. The predicted molar refractivity (Wildman–Crippen MR) is 114 cm³/mol. The molecule has 1 fully saturated rings. The van der Waals surface area contributed by atoms with Gasteiger partial charge >= 0.3 is 6.18 Å². The van der Waals surface area contributed by atoms with Crippen molar-refractivity contribution in [3.05, 3.63) is 59.2 Å². The first-order chi connectivity index (χ1) is 15.6. The van der Waals surface area contributed by atoms with E-state index >= 15 is 0 Å². The summed E-state index contributed by atoms with van der Waals surface area (Å²) in [4.78, 5) is 34.9. The number of nitrogens with zero attached hydrogens (tertiary/aromatic N) is 3. The molecule has 2 aromatic heterocycles. The maximum absolute atomic E-state index is 13.3. The molecule has 3 rings (SSSR count). The van der Waals surface area contributed by atoms with E-state index in [0.717, 1.165) is 17.4 Å². The average molecular weight is 464 g/mol. The zero-order valence-electron chi connectivity index (χ0n) is 18.5. The molecule has 0 spiro atoms. The summed E-state index contributed by atoms with van der Waals surface area (Å²) in [6.07, 6.45) is -1.84. The fourth-order valence-corrected chi connectivity index (χ4v) is 3.95. The number of pyridine rings is 2. The number of aliphatic hydroxyl groups is 1. The zero-order valence-corrected chi connectivity index (χ0v) is 18.5. The van der Waals surface area contributed by atoms with Crippen molar-refractivity contribution < 1.29 is 27.9 Å². The number of piperidine rings is 1. The van der Waals surface area contributed by atoms with E-state index in [-0.39, 0.29) is 24.9 Å². The number of amides is 2. The predicted octanol–water partition coefficient (Wildman–Crippen LogP) is 3.12. The van der Waals surface area contributed by atoms with Gasteiger partial charge in [0.2, 0.25) is 5.60 Å². The van der Waals surface area contributed by atoms with E-state index in [2.05, 4.69) is 15.3 Å². The molecule has 0 radical (unpaired) electrons. The van der Waals surface area contributed by atoms with Crippen LogP contribution in [0.4, 0.5) is 13.2 Å². The van der Waals surface area contributed by atoms with Crippen LogP contribution >= 0.6 is 0 Å².